The highest BCUT2D eigenvalue weighted by atomic mass is 16.5. The minimum absolute atomic E-state index is 0.0247. The summed E-state index contributed by atoms with van der Waals surface area (Å²) >= 11 is 0. The number of aryl methyl sites for hydroxylation is 1. The zero-order valence-corrected chi connectivity index (χ0v) is 16.2. The number of hydrogen-bond acceptors (Lipinski definition) is 4. The van der Waals surface area contributed by atoms with Gasteiger partial charge in [-0.15, -0.1) is 0 Å². The van der Waals surface area contributed by atoms with Gasteiger partial charge in [0.25, 0.3) is 5.91 Å². The fraction of sp³-hybridized carbons (Fsp3) is 0.545. The Morgan fingerprint density at radius 1 is 1.07 bits per heavy atom. The van der Waals surface area contributed by atoms with Gasteiger partial charge in [0.05, 0.1) is 6.04 Å². The van der Waals surface area contributed by atoms with Crippen LogP contribution in [0.15, 0.2) is 34.9 Å². The highest BCUT2D eigenvalue weighted by Gasteiger charge is 2.30. The summed E-state index contributed by atoms with van der Waals surface area (Å²) in [5, 5.41) is 4.17. The van der Waals surface area contributed by atoms with Gasteiger partial charge in [-0.25, -0.2) is 0 Å². The van der Waals surface area contributed by atoms with Crippen molar-refractivity contribution < 1.29 is 9.32 Å². The van der Waals surface area contributed by atoms with Crippen molar-refractivity contribution in [1.29, 1.82) is 0 Å². The number of aromatic nitrogens is 1. The van der Waals surface area contributed by atoms with E-state index in [1.165, 1.54) is 37.9 Å². The van der Waals surface area contributed by atoms with Gasteiger partial charge in [-0.2, -0.15) is 0 Å². The molecular weight excluding hydrogens is 338 g/mol. The van der Waals surface area contributed by atoms with Crippen molar-refractivity contribution in [3.05, 3.63) is 52.9 Å². The normalized spacial score (nSPS) is 21.4. The molecule has 2 aliphatic heterocycles. The zero-order chi connectivity index (χ0) is 18.6. The number of benzene rings is 1. The van der Waals surface area contributed by atoms with Gasteiger partial charge < -0.3 is 9.42 Å². The van der Waals surface area contributed by atoms with E-state index in [4.69, 9.17) is 4.52 Å². The molecule has 1 aromatic heterocycles. The van der Waals surface area contributed by atoms with Gasteiger partial charge in [-0.05, 0) is 69.8 Å². The summed E-state index contributed by atoms with van der Waals surface area (Å²) in [7, 11) is 0. The van der Waals surface area contributed by atoms with E-state index < -0.39 is 0 Å². The molecular formula is C22H29N3O2. The van der Waals surface area contributed by atoms with Crippen LogP contribution in [0.1, 0.15) is 71.9 Å². The third-order valence-corrected chi connectivity index (χ3v) is 5.81. The maximum atomic E-state index is 13.1. The molecule has 144 valence electrons. The van der Waals surface area contributed by atoms with E-state index in [9.17, 15) is 4.79 Å². The van der Waals surface area contributed by atoms with Crippen molar-refractivity contribution >= 4 is 5.91 Å². The van der Waals surface area contributed by atoms with Crippen LogP contribution in [0.5, 0.6) is 0 Å². The van der Waals surface area contributed by atoms with Gasteiger partial charge in [0.2, 0.25) is 0 Å². The van der Waals surface area contributed by atoms with Crippen molar-refractivity contribution in [3.8, 4) is 0 Å². The van der Waals surface area contributed by atoms with E-state index in [2.05, 4.69) is 22.2 Å². The lowest BCUT2D eigenvalue weighted by molar-refractivity contribution is 0.0602. The number of likely N-dealkylation sites (tertiary alicyclic amines) is 2. The number of carbonyl (C=O) groups excluding carboxylic acids is 1. The van der Waals surface area contributed by atoms with Crippen LogP contribution in [-0.2, 0) is 6.54 Å². The Balaban J connectivity index is 1.45. The topological polar surface area (TPSA) is 49.6 Å². The summed E-state index contributed by atoms with van der Waals surface area (Å²) in [6, 6.07) is 10.2. The van der Waals surface area contributed by atoms with Crippen LogP contribution >= 0.6 is 0 Å². The minimum Gasteiger partial charge on any atom is -0.361 e. The average Bonchev–Trinajstić information content (AvgIpc) is 3.15. The Bertz CT molecular complexity index is 762. The molecule has 2 saturated heterocycles. The quantitative estimate of drug-likeness (QED) is 0.807. The van der Waals surface area contributed by atoms with Crippen molar-refractivity contribution in [3.63, 3.8) is 0 Å². The molecule has 0 N–H and O–H groups in total. The first-order valence-electron chi connectivity index (χ1n) is 10.3. The summed E-state index contributed by atoms with van der Waals surface area (Å²) in [5.74, 6) is 0.898. The van der Waals surface area contributed by atoms with E-state index in [-0.39, 0.29) is 11.9 Å². The third kappa shape index (κ3) is 4.24. The predicted octanol–water partition coefficient (Wildman–Crippen LogP) is 4.34. The molecule has 5 nitrogen and oxygen atoms in total. The molecule has 27 heavy (non-hydrogen) atoms. The number of rotatable bonds is 4. The molecule has 4 rings (SSSR count). The first kappa shape index (κ1) is 18.2. The third-order valence-electron chi connectivity index (χ3n) is 5.81. The number of amides is 1. The molecule has 0 spiro atoms. The number of piperidine rings is 2. The second-order valence-electron chi connectivity index (χ2n) is 7.91. The Morgan fingerprint density at radius 2 is 1.81 bits per heavy atom. The first-order valence-corrected chi connectivity index (χ1v) is 10.3. The van der Waals surface area contributed by atoms with E-state index in [0.717, 1.165) is 49.4 Å². The lowest BCUT2D eigenvalue weighted by Crippen LogP contribution is -2.38. The van der Waals surface area contributed by atoms with Crippen molar-refractivity contribution in [1.82, 2.24) is 15.0 Å². The number of nitrogens with zero attached hydrogens (tertiary/aromatic N) is 3. The van der Waals surface area contributed by atoms with E-state index in [1.54, 1.807) is 0 Å². The minimum atomic E-state index is 0.0247. The molecule has 5 heteroatoms. The van der Waals surface area contributed by atoms with Crippen LogP contribution in [0.25, 0.3) is 0 Å². The molecule has 0 unspecified atom stereocenters. The highest BCUT2D eigenvalue weighted by molar-refractivity contribution is 5.94. The predicted molar refractivity (Wildman–Crippen MR) is 104 cm³/mol. The van der Waals surface area contributed by atoms with Crippen LogP contribution in [0, 0.1) is 6.92 Å². The van der Waals surface area contributed by atoms with Gasteiger partial charge in [0.15, 0.2) is 0 Å². The van der Waals surface area contributed by atoms with Gasteiger partial charge >= 0.3 is 0 Å². The molecule has 0 radical (unpaired) electrons. The lowest BCUT2D eigenvalue weighted by atomic mass is 9.97. The molecule has 2 aromatic rings. The smallest absolute Gasteiger partial charge is 0.254 e. The average molecular weight is 367 g/mol. The lowest BCUT2D eigenvalue weighted by Gasteiger charge is -2.34. The van der Waals surface area contributed by atoms with Crippen molar-refractivity contribution in [2.24, 2.45) is 0 Å². The fourth-order valence-electron chi connectivity index (χ4n) is 4.32. The Labute approximate surface area is 161 Å². The van der Waals surface area contributed by atoms with E-state index >= 15 is 0 Å². The molecule has 0 bridgehead atoms. The molecule has 3 heterocycles. The first-order chi connectivity index (χ1) is 13.2. The maximum absolute atomic E-state index is 13.1. The second kappa shape index (κ2) is 8.26. The molecule has 1 aromatic carbocycles. The highest BCUT2D eigenvalue weighted by Crippen LogP contribution is 2.31. The summed E-state index contributed by atoms with van der Waals surface area (Å²) in [6.07, 6.45) is 7.07. The molecule has 2 fully saturated rings. The number of hydrogen-bond donors (Lipinski definition) is 0. The largest absolute Gasteiger partial charge is 0.361 e. The summed E-state index contributed by atoms with van der Waals surface area (Å²) in [4.78, 5) is 17.6. The molecule has 1 atom stereocenters. The molecule has 0 saturated carbocycles. The summed E-state index contributed by atoms with van der Waals surface area (Å²) < 4.78 is 5.25. The van der Waals surface area contributed by atoms with Gasteiger partial charge in [-0.3, -0.25) is 9.69 Å². The Morgan fingerprint density at radius 3 is 2.52 bits per heavy atom. The number of carbonyl (C=O) groups is 1. The molecule has 2 aliphatic rings. The Hall–Kier alpha value is -2.14. The van der Waals surface area contributed by atoms with Crippen LogP contribution in [-0.4, -0.2) is 40.5 Å². The van der Waals surface area contributed by atoms with E-state index in [0.29, 0.717) is 0 Å². The van der Waals surface area contributed by atoms with Crippen LogP contribution in [0.4, 0.5) is 0 Å². The van der Waals surface area contributed by atoms with Crippen LogP contribution < -0.4 is 0 Å². The monoisotopic (exact) mass is 367 g/mol. The van der Waals surface area contributed by atoms with Gasteiger partial charge in [0, 0.05) is 24.7 Å². The molecule has 1 amide bonds. The Kier molecular flexibility index (Phi) is 5.58. The van der Waals surface area contributed by atoms with Crippen molar-refractivity contribution in [2.45, 2.75) is 58.0 Å². The fourth-order valence-corrected chi connectivity index (χ4v) is 4.32. The second-order valence-corrected chi connectivity index (χ2v) is 7.91. The van der Waals surface area contributed by atoms with Crippen LogP contribution in [0.3, 0.4) is 0 Å². The molecule has 0 aliphatic carbocycles. The van der Waals surface area contributed by atoms with Gasteiger partial charge in [0.1, 0.15) is 11.5 Å². The van der Waals surface area contributed by atoms with Gasteiger partial charge in [-0.1, -0.05) is 23.7 Å². The summed E-state index contributed by atoms with van der Waals surface area (Å²) in [5.41, 5.74) is 2.93. The van der Waals surface area contributed by atoms with E-state index in [1.807, 2.05) is 30.0 Å². The van der Waals surface area contributed by atoms with Crippen LogP contribution in [0.2, 0.25) is 0 Å². The zero-order valence-electron chi connectivity index (χ0n) is 16.2. The summed E-state index contributed by atoms with van der Waals surface area (Å²) in [6.45, 7) is 6.04. The maximum Gasteiger partial charge on any atom is 0.254 e. The SMILES string of the molecule is Cc1cc([C@H]2CCCCN2C(=O)c2ccc(CN3CCCCC3)cc2)no1. The van der Waals surface area contributed by atoms with Crippen molar-refractivity contribution in [2.75, 3.05) is 19.6 Å². The standard InChI is InChI=1S/C22H29N3O2/c1-17-15-20(23-27-17)21-7-3-6-14-25(21)22(26)19-10-8-18(9-11-19)16-24-12-4-2-5-13-24/h8-11,15,21H,2-7,12-14,16H2,1H3/t21-/m1/s1.